The maximum Gasteiger partial charge on any atom is 0.339 e. The molecule has 1 saturated heterocycles. The van der Waals surface area contributed by atoms with Crippen molar-refractivity contribution >= 4 is 17.2 Å². The molecule has 1 fully saturated rings. The predicted molar refractivity (Wildman–Crippen MR) is 96.2 cm³/mol. The maximum absolute atomic E-state index is 12.7. The van der Waals surface area contributed by atoms with E-state index < -0.39 is 5.63 Å². The average Bonchev–Trinajstić information content (AvgIpc) is 3.18. The molecule has 0 unspecified atom stereocenters. The number of likely N-dealkylation sites (tertiary alicyclic amines) is 1. The lowest BCUT2D eigenvalue weighted by Crippen LogP contribution is -2.56. The molecule has 0 spiro atoms. The molecule has 8 heteroatoms. The first-order valence-electron chi connectivity index (χ1n) is 8.18. The highest BCUT2D eigenvalue weighted by Gasteiger charge is 2.34. The number of hydrogen-bond donors (Lipinski definition) is 0. The zero-order chi connectivity index (χ0) is 18.3. The summed E-state index contributed by atoms with van der Waals surface area (Å²) in [6.07, 6.45) is 3.67. The van der Waals surface area contributed by atoms with Crippen molar-refractivity contribution in [3.05, 3.63) is 63.4 Å². The summed E-state index contributed by atoms with van der Waals surface area (Å²) in [5, 5.41) is 0.774. The first-order chi connectivity index (χ1) is 12.5. The second-order valence-corrected chi connectivity index (χ2v) is 7.15. The Kier molecular flexibility index (Phi) is 4.12. The molecular weight excluding hydrogens is 354 g/mol. The van der Waals surface area contributed by atoms with Gasteiger partial charge in [0.2, 0.25) is 0 Å². The minimum absolute atomic E-state index is 0.0398. The normalized spacial score (nSPS) is 14.3. The van der Waals surface area contributed by atoms with Crippen LogP contribution >= 0.6 is 11.3 Å². The van der Waals surface area contributed by atoms with Gasteiger partial charge in [0.25, 0.3) is 5.91 Å². The number of nitrogens with zero attached hydrogens (tertiary/aromatic N) is 3. The van der Waals surface area contributed by atoms with Crippen molar-refractivity contribution in [2.45, 2.75) is 20.0 Å². The monoisotopic (exact) mass is 371 g/mol. The van der Waals surface area contributed by atoms with Gasteiger partial charge in [0.15, 0.2) is 5.13 Å². The molecule has 26 heavy (non-hydrogen) atoms. The van der Waals surface area contributed by atoms with E-state index in [1.807, 2.05) is 36.0 Å². The highest BCUT2D eigenvalue weighted by Crippen LogP contribution is 2.26. The number of thiazole rings is 1. The topological polar surface area (TPSA) is 77.6 Å². The summed E-state index contributed by atoms with van der Waals surface area (Å²) in [7, 11) is 0. The van der Waals surface area contributed by atoms with Crippen molar-refractivity contribution < 1.29 is 13.9 Å². The van der Waals surface area contributed by atoms with Crippen LogP contribution < -0.4 is 10.4 Å². The van der Waals surface area contributed by atoms with Gasteiger partial charge >= 0.3 is 5.63 Å². The van der Waals surface area contributed by atoms with Crippen LogP contribution in [0.3, 0.4) is 0 Å². The summed E-state index contributed by atoms with van der Waals surface area (Å²) >= 11 is 1.38. The van der Waals surface area contributed by atoms with Crippen LogP contribution in [0.5, 0.6) is 5.75 Å². The van der Waals surface area contributed by atoms with Crippen molar-refractivity contribution in [2.24, 2.45) is 0 Å². The fraction of sp³-hybridized carbons (Fsp3) is 0.278. The van der Waals surface area contributed by atoms with Crippen LogP contribution in [0.4, 0.5) is 0 Å². The number of aromatic nitrogens is 2. The second-order valence-electron chi connectivity index (χ2n) is 6.17. The van der Waals surface area contributed by atoms with E-state index in [0.717, 1.165) is 10.8 Å². The van der Waals surface area contributed by atoms with Gasteiger partial charge in [-0.1, -0.05) is 11.3 Å². The van der Waals surface area contributed by atoms with Crippen LogP contribution in [0, 0.1) is 13.8 Å². The van der Waals surface area contributed by atoms with E-state index in [9.17, 15) is 9.59 Å². The van der Waals surface area contributed by atoms with E-state index in [4.69, 9.17) is 9.15 Å². The molecule has 4 rings (SSSR count). The van der Waals surface area contributed by atoms with E-state index in [-0.39, 0.29) is 12.0 Å². The smallest absolute Gasteiger partial charge is 0.339 e. The summed E-state index contributed by atoms with van der Waals surface area (Å²) in [6, 6.07) is 6.82. The predicted octanol–water partition coefficient (Wildman–Crippen LogP) is 2.41. The molecular formula is C18H17N3O4S. The SMILES string of the molecule is Cc1cc(OC2CN(C(=O)c3sc(-n4cccc4)nc3C)C2)cc(=O)o1. The first-order valence-corrected chi connectivity index (χ1v) is 9.00. The fourth-order valence-corrected chi connectivity index (χ4v) is 3.81. The molecule has 3 aromatic rings. The molecule has 134 valence electrons. The number of carbonyl (C=O) groups is 1. The molecule has 0 atom stereocenters. The van der Waals surface area contributed by atoms with Gasteiger partial charge in [0.1, 0.15) is 22.5 Å². The van der Waals surface area contributed by atoms with Gasteiger partial charge in [-0.2, -0.15) is 0 Å². The number of hydrogen-bond acceptors (Lipinski definition) is 6. The third-order valence-corrected chi connectivity index (χ3v) is 5.27. The molecule has 3 aromatic heterocycles. The second kappa shape index (κ2) is 6.45. The van der Waals surface area contributed by atoms with Crippen molar-refractivity contribution in [3.63, 3.8) is 0 Å². The Hall–Kier alpha value is -2.87. The van der Waals surface area contributed by atoms with Crippen molar-refractivity contribution in [1.29, 1.82) is 0 Å². The molecule has 7 nitrogen and oxygen atoms in total. The summed E-state index contributed by atoms with van der Waals surface area (Å²) in [6.45, 7) is 4.50. The van der Waals surface area contributed by atoms with E-state index in [1.54, 1.807) is 17.9 Å². The summed E-state index contributed by atoms with van der Waals surface area (Å²) in [5.41, 5.74) is 0.287. The quantitative estimate of drug-likeness (QED) is 0.704. The van der Waals surface area contributed by atoms with Gasteiger partial charge in [-0.05, 0) is 26.0 Å². The Morgan fingerprint density at radius 2 is 2.00 bits per heavy atom. The van der Waals surface area contributed by atoms with Gasteiger partial charge in [0.05, 0.1) is 24.8 Å². The van der Waals surface area contributed by atoms with Gasteiger partial charge in [-0.15, -0.1) is 0 Å². The highest BCUT2D eigenvalue weighted by molar-refractivity contribution is 7.16. The maximum atomic E-state index is 12.7. The van der Waals surface area contributed by atoms with Crippen molar-refractivity contribution in [3.8, 4) is 10.9 Å². The molecule has 1 amide bonds. The van der Waals surface area contributed by atoms with Crippen LogP contribution in [0.2, 0.25) is 0 Å². The van der Waals surface area contributed by atoms with Gasteiger partial charge in [-0.3, -0.25) is 4.79 Å². The van der Waals surface area contributed by atoms with Crippen molar-refractivity contribution in [2.75, 3.05) is 13.1 Å². The molecule has 1 aliphatic rings. The molecule has 1 aliphatic heterocycles. The lowest BCUT2D eigenvalue weighted by atomic mass is 10.1. The van der Waals surface area contributed by atoms with Crippen LogP contribution in [0.25, 0.3) is 5.13 Å². The average molecular weight is 371 g/mol. The Morgan fingerprint density at radius 1 is 1.27 bits per heavy atom. The van der Waals surface area contributed by atoms with Gasteiger partial charge in [-0.25, -0.2) is 9.78 Å². The minimum Gasteiger partial charge on any atom is -0.486 e. The van der Waals surface area contributed by atoms with Gasteiger partial charge in [0, 0.05) is 18.5 Å². The molecule has 0 saturated carbocycles. The Balaban J connectivity index is 1.41. The molecule has 0 aliphatic carbocycles. The lowest BCUT2D eigenvalue weighted by Gasteiger charge is -2.38. The number of ether oxygens (including phenoxy) is 1. The van der Waals surface area contributed by atoms with E-state index >= 15 is 0 Å². The van der Waals surface area contributed by atoms with Crippen molar-refractivity contribution in [1.82, 2.24) is 14.5 Å². The lowest BCUT2D eigenvalue weighted by molar-refractivity contribution is 0.0178. The van der Waals surface area contributed by atoms with Crippen LogP contribution in [0.1, 0.15) is 21.1 Å². The zero-order valence-corrected chi connectivity index (χ0v) is 15.2. The minimum atomic E-state index is -0.440. The third kappa shape index (κ3) is 3.15. The molecule has 4 heterocycles. The largest absolute Gasteiger partial charge is 0.486 e. The number of rotatable bonds is 4. The Bertz CT molecular complexity index is 1000. The number of aryl methyl sites for hydroxylation is 2. The fourth-order valence-electron chi connectivity index (χ4n) is 2.81. The Morgan fingerprint density at radius 3 is 2.69 bits per heavy atom. The van der Waals surface area contributed by atoms with Gasteiger partial charge < -0.3 is 18.6 Å². The summed E-state index contributed by atoms with van der Waals surface area (Å²) in [4.78, 5) is 30.9. The zero-order valence-electron chi connectivity index (χ0n) is 14.3. The number of carbonyl (C=O) groups excluding carboxylic acids is 1. The third-order valence-electron chi connectivity index (χ3n) is 4.11. The molecule has 0 N–H and O–H groups in total. The first kappa shape index (κ1) is 16.6. The van der Waals surface area contributed by atoms with E-state index in [0.29, 0.717) is 29.5 Å². The van der Waals surface area contributed by atoms with E-state index in [2.05, 4.69) is 4.98 Å². The highest BCUT2D eigenvalue weighted by atomic mass is 32.1. The van der Waals surface area contributed by atoms with Crippen LogP contribution in [-0.4, -0.2) is 39.6 Å². The summed E-state index contributed by atoms with van der Waals surface area (Å²) in [5.74, 6) is 0.930. The molecule has 0 aromatic carbocycles. The molecule has 0 radical (unpaired) electrons. The summed E-state index contributed by atoms with van der Waals surface area (Å²) < 4.78 is 12.5. The number of amides is 1. The molecule has 0 bridgehead atoms. The Labute approximate surface area is 153 Å². The standard InChI is InChI=1S/C18H17N3O4S/c1-11-7-13(8-15(22)24-11)25-14-9-21(10-14)17(23)16-12(2)19-18(26-16)20-5-3-4-6-20/h3-8,14H,9-10H2,1-2H3. The van der Waals surface area contributed by atoms with Crippen LogP contribution in [0.15, 0.2) is 45.9 Å². The van der Waals surface area contributed by atoms with E-state index in [1.165, 1.54) is 17.4 Å². The van der Waals surface area contributed by atoms with Crippen LogP contribution in [-0.2, 0) is 0 Å².